The lowest BCUT2D eigenvalue weighted by molar-refractivity contribution is 0.0996. The molecule has 0 spiro atoms. The van der Waals surface area contributed by atoms with Gasteiger partial charge in [0, 0.05) is 16.8 Å². The number of carbonyl (C=O) groups is 1. The maximum absolute atomic E-state index is 12.0. The monoisotopic (exact) mass is 268 g/mol. The Kier molecular flexibility index (Phi) is 4.24. The first-order valence-corrected chi connectivity index (χ1v) is 6.27. The summed E-state index contributed by atoms with van der Waals surface area (Å²) in [5.74, 6) is 5.87. The third kappa shape index (κ3) is 3.08. The summed E-state index contributed by atoms with van der Waals surface area (Å²) in [5.41, 5.74) is 8.76. The Morgan fingerprint density at radius 1 is 1.30 bits per heavy atom. The average molecular weight is 268 g/mol. The summed E-state index contributed by atoms with van der Waals surface area (Å²) in [7, 11) is 0. The number of nitrogens with one attached hydrogen (secondary N) is 1. The van der Waals surface area contributed by atoms with Crippen LogP contribution < -0.4 is 11.1 Å². The van der Waals surface area contributed by atoms with Crippen molar-refractivity contribution in [1.29, 1.82) is 0 Å². The van der Waals surface area contributed by atoms with E-state index in [2.05, 4.69) is 17.2 Å². The minimum absolute atomic E-state index is 0.257. The molecule has 1 amide bonds. The molecule has 0 radical (unpaired) electrons. The third-order valence-electron chi connectivity index (χ3n) is 2.88. The van der Waals surface area contributed by atoms with E-state index < -0.39 is 0 Å². The van der Waals surface area contributed by atoms with Crippen LogP contribution in [0.25, 0.3) is 0 Å². The first-order valence-electron chi connectivity index (χ1n) is 6.27. The number of aryl methyl sites for hydroxylation is 2. The number of anilines is 1. The molecule has 1 heterocycles. The number of furan rings is 1. The number of hydrogen-bond acceptors (Lipinski definition) is 3. The van der Waals surface area contributed by atoms with Gasteiger partial charge in [0.25, 0.3) is 5.91 Å². The van der Waals surface area contributed by atoms with Crippen molar-refractivity contribution in [2.24, 2.45) is 5.73 Å². The number of carbonyl (C=O) groups excluding carboxylic acids is 1. The van der Waals surface area contributed by atoms with E-state index in [1.807, 2.05) is 32.0 Å². The van der Waals surface area contributed by atoms with Crippen LogP contribution in [0.4, 0.5) is 5.69 Å². The molecular weight excluding hydrogens is 252 g/mol. The lowest BCUT2D eigenvalue weighted by Crippen LogP contribution is -2.12. The number of hydrogen-bond donors (Lipinski definition) is 2. The van der Waals surface area contributed by atoms with Gasteiger partial charge < -0.3 is 15.5 Å². The first-order chi connectivity index (χ1) is 9.61. The van der Waals surface area contributed by atoms with E-state index in [1.165, 1.54) is 6.26 Å². The number of nitrogens with two attached hydrogens (primary N) is 1. The molecule has 2 rings (SSSR count). The minimum atomic E-state index is -0.257. The van der Waals surface area contributed by atoms with Crippen LogP contribution in [-0.2, 0) is 0 Å². The van der Waals surface area contributed by atoms with Gasteiger partial charge in [-0.2, -0.15) is 0 Å². The van der Waals surface area contributed by atoms with Gasteiger partial charge in [0.2, 0.25) is 0 Å². The van der Waals surface area contributed by atoms with Crippen molar-refractivity contribution in [2.75, 3.05) is 11.9 Å². The van der Waals surface area contributed by atoms with Crippen LogP contribution in [0.3, 0.4) is 0 Å². The first kappa shape index (κ1) is 13.9. The fraction of sp³-hybridized carbons (Fsp3) is 0.188. The molecule has 0 saturated carbocycles. The number of rotatable bonds is 2. The van der Waals surface area contributed by atoms with E-state index in [-0.39, 0.29) is 5.91 Å². The van der Waals surface area contributed by atoms with Gasteiger partial charge in [-0.3, -0.25) is 4.79 Å². The molecule has 0 aliphatic carbocycles. The summed E-state index contributed by atoms with van der Waals surface area (Å²) in [4.78, 5) is 12.0. The molecule has 2 aromatic rings. The largest absolute Gasteiger partial charge is 0.459 e. The predicted octanol–water partition coefficient (Wildman–Crippen LogP) is 2.46. The molecule has 102 valence electrons. The summed E-state index contributed by atoms with van der Waals surface area (Å²) < 4.78 is 5.16. The second kappa shape index (κ2) is 6.09. The molecule has 0 aliphatic rings. The number of benzene rings is 1. The normalized spacial score (nSPS) is 9.75. The quantitative estimate of drug-likeness (QED) is 0.822. The van der Waals surface area contributed by atoms with Crippen LogP contribution >= 0.6 is 0 Å². The van der Waals surface area contributed by atoms with E-state index in [1.54, 1.807) is 6.07 Å². The lowest BCUT2D eigenvalue weighted by Gasteiger charge is -2.06. The van der Waals surface area contributed by atoms with E-state index in [0.717, 1.165) is 16.7 Å². The highest BCUT2D eigenvalue weighted by Gasteiger charge is 2.12. The molecule has 1 aromatic carbocycles. The van der Waals surface area contributed by atoms with Crippen LogP contribution in [0.5, 0.6) is 0 Å². The molecule has 0 fully saturated rings. The molecule has 0 bridgehead atoms. The highest BCUT2D eigenvalue weighted by Crippen LogP contribution is 2.17. The maximum atomic E-state index is 12.0. The van der Waals surface area contributed by atoms with Crippen molar-refractivity contribution < 1.29 is 9.21 Å². The Balaban J connectivity index is 2.17. The van der Waals surface area contributed by atoms with Crippen molar-refractivity contribution in [3.63, 3.8) is 0 Å². The Bertz CT molecular complexity index is 690. The lowest BCUT2D eigenvalue weighted by atomic mass is 10.1. The van der Waals surface area contributed by atoms with E-state index in [0.29, 0.717) is 18.0 Å². The summed E-state index contributed by atoms with van der Waals surface area (Å²) in [6.07, 6.45) is 1.50. The summed E-state index contributed by atoms with van der Waals surface area (Å²) >= 11 is 0. The van der Waals surface area contributed by atoms with Crippen molar-refractivity contribution in [1.82, 2.24) is 0 Å². The molecule has 4 heteroatoms. The molecule has 4 nitrogen and oxygen atoms in total. The molecule has 0 aliphatic heterocycles. The second-order valence-corrected chi connectivity index (χ2v) is 4.42. The van der Waals surface area contributed by atoms with Crippen LogP contribution in [0, 0.1) is 25.7 Å². The summed E-state index contributed by atoms with van der Waals surface area (Å²) in [6, 6.07) is 7.30. The zero-order valence-electron chi connectivity index (χ0n) is 11.5. The molecule has 1 aromatic heterocycles. The van der Waals surface area contributed by atoms with Crippen molar-refractivity contribution in [3.05, 3.63) is 53.0 Å². The zero-order chi connectivity index (χ0) is 14.5. The van der Waals surface area contributed by atoms with Gasteiger partial charge in [0.15, 0.2) is 5.76 Å². The van der Waals surface area contributed by atoms with E-state index in [9.17, 15) is 4.79 Å². The molecule has 3 N–H and O–H groups in total. The standard InChI is InChI=1S/C16H16N2O2/c1-11-7-9-20-15(11)16(19)18-14-6-5-13(4-3-8-17)12(2)10-14/h5-7,9-10H,8,17H2,1-2H3,(H,18,19). The molecular formula is C16H16N2O2. The predicted molar refractivity (Wildman–Crippen MR) is 78.5 cm³/mol. The Morgan fingerprint density at radius 2 is 2.10 bits per heavy atom. The van der Waals surface area contributed by atoms with Gasteiger partial charge in [-0.25, -0.2) is 0 Å². The Hall–Kier alpha value is -2.51. The summed E-state index contributed by atoms with van der Waals surface area (Å²) in [5, 5.41) is 2.80. The van der Waals surface area contributed by atoms with Crippen molar-refractivity contribution in [3.8, 4) is 11.8 Å². The third-order valence-corrected chi connectivity index (χ3v) is 2.88. The SMILES string of the molecule is Cc1cc(NC(=O)c2occc2C)ccc1C#CCN. The fourth-order valence-electron chi connectivity index (χ4n) is 1.82. The van der Waals surface area contributed by atoms with Crippen molar-refractivity contribution >= 4 is 11.6 Å². The molecule has 0 unspecified atom stereocenters. The minimum Gasteiger partial charge on any atom is -0.459 e. The molecule has 20 heavy (non-hydrogen) atoms. The maximum Gasteiger partial charge on any atom is 0.291 e. The van der Waals surface area contributed by atoms with E-state index in [4.69, 9.17) is 10.2 Å². The van der Waals surface area contributed by atoms with Crippen LogP contribution in [0.2, 0.25) is 0 Å². The highest BCUT2D eigenvalue weighted by atomic mass is 16.3. The van der Waals surface area contributed by atoms with Gasteiger partial charge in [0.05, 0.1) is 12.8 Å². The van der Waals surface area contributed by atoms with Gasteiger partial charge in [-0.15, -0.1) is 0 Å². The van der Waals surface area contributed by atoms with Gasteiger partial charge in [-0.05, 0) is 43.7 Å². The van der Waals surface area contributed by atoms with Gasteiger partial charge in [-0.1, -0.05) is 11.8 Å². The van der Waals surface area contributed by atoms with Crippen molar-refractivity contribution in [2.45, 2.75) is 13.8 Å². The second-order valence-electron chi connectivity index (χ2n) is 4.42. The molecule has 0 saturated heterocycles. The number of amides is 1. The van der Waals surface area contributed by atoms with Crippen LogP contribution in [0.15, 0.2) is 34.9 Å². The molecule has 0 atom stereocenters. The topological polar surface area (TPSA) is 68.3 Å². The van der Waals surface area contributed by atoms with E-state index >= 15 is 0 Å². The average Bonchev–Trinajstić information content (AvgIpc) is 2.84. The highest BCUT2D eigenvalue weighted by molar-refractivity contribution is 6.03. The zero-order valence-corrected chi connectivity index (χ0v) is 11.5. The Labute approximate surface area is 118 Å². The Morgan fingerprint density at radius 3 is 2.70 bits per heavy atom. The fourth-order valence-corrected chi connectivity index (χ4v) is 1.82. The van der Waals surface area contributed by atoms with Gasteiger partial charge in [0.1, 0.15) is 0 Å². The summed E-state index contributed by atoms with van der Waals surface area (Å²) in [6.45, 7) is 4.10. The smallest absolute Gasteiger partial charge is 0.291 e. The van der Waals surface area contributed by atoms with Crippen LogP contribution in [0.1, 0.15) is 27.2 Å². The van der Waals surface area contributed by atoms with Crippen LogP contribution in [-0.4, -0.2) is 12.5 Å². The van der Waals surface area contributed by atoms with Gasteiger partial charge >= 0.3 is 0 Å².